The van der Waals surface area contributed by atoms with Gasteiger partial charge in [0.1, 0.15) is 11.5 Å². The zero-order valence-corrected chi connectivity index (χ0v) is 25.3. The zero-order chi connectivity index (χ0) is 29.8. The van der Waals surface area contributed by atoms with Gasteiger partial charge in [0.2, 0.25) is 0 Å². The van der Waals surface area contributed by atoms with Gasteiger partial charge in [-0.15, -0.1) is 0 Å². The number of Topliss-reactive ketones (excluding diaryl/α,β-unsaturated/α-hetero) is 1. The number of aliphatic hydroxyl groups is 1. The van der Waals surface area contributed by atoms with Gasteiger partial charge >= 0.3 is 0 Å². The predicted molar refractivity (Wildman–Crippen MR) is 162 cm³/mol. The van der Waals surface area contributed by atoms with Gasteiger partial charge < -0.3 is 29.1 Å². The standard InChI is InChI=1S/C33H46N2O6/c1-6-10-21-40-26-16-13-24(14-17-26)31(36)29-30(25-15-18-27(28(23-25)39-5)41-22-11-7-2)35(33(38)32(29)37)20-12-19-34(8-3)9-4/h13-18,23,30,36H,6-12,19-22H2,1-5H3/b31-29-. The first-order chi connectivity index (χ1) is 19.9. The number of ether oxygens (including phenoxy) is 3. The van der Waals surface area contributed by atoms with Gasteiger partial charge in [-0.2, -0.15) is 0 Å². The third kappa shape index (κ3) is 8.03. The van der Waals surface area contributed by atoms with Crippen LogP contribution in [0.4, 0.5) is 0 Å². The zero-order valence-electron chi connectivity index (χ0n) is 25.3. The number of methoxy groups -OCH3 is 1. The minimum absolute atomic E-state index is 0.0687. The van der Waals surface area contributed by atoms with Gasteiger partial charge in [0, 0.05) is 12.1 Å². The molecule has 1 aliphatic heterocycles. The van der Waals surface area contributed by atoms with Gasteiger partial charge in [0.15, 0.2) is 11.5 Å². The van der Waals surface area contributed by atoms with E-state index in [4.69, 9.17) is 14.2 Å². The monoisotopic (exact) mass is 566 g/mol. The summed E-state index contributed by atoms with van der Waals surface area (Å²) in [5, 5.41) is 11.5. The Labute approximate surface area is 244 Å². The van der Waals surface area contributed by atoms with Gasteiger partial charge in [0.25, 0.3) is 11.7 Å². The Kier molecular flexibility index (Phi) is 12.5. The van der Waals surface area contributed by atoms with E-state index in [2.05, 4.69) is 32.6 Å². The molecule has 0 aromatic heterocycles. The van der Waals surface area contributed by atoms with E-state index in [0.717, 1.165) is 45.3 Å². The fourth-order valence-corrected chi connectivity index (χ4v) is 4.96. The summed E-state index contributed by atoms with van der Waals surface area (Å²) in [5.41, 5.74) is 1.19. The second kappa shape index (κ2) is 16.1. The molecule has 0 aliphatic carbocycles. The van der Waals surface area contributed by atoms with Crippen LogP contribution < -0.4 is 14.2 Å². The molecule has 1 aliphatic rings. The molecule has 41 heavy (non-hydrogen) atoms. The highest BCUT2D eigenvalue weighted by Crippen LogP contribution is 2.42. The van der Waals surface area contributed by atoms with E-state index in [1.54, 1.807) is 42.3 Å². The number of aliphatic hydroxyl groups excluding tert-OH is 1. The predicted octanol–water partition coefficient (Wildman–Crippen LogP) is 6.21. The van der Waals surface area contributed by atoms with Crippen molar-refractivity contribution in [2.75, 3.05) is 46.5 Å². The number of benzene rings is 2. The minimum atomic E-state index is -0.759. The number of amides is 1. The molecule has 1 heterocycles. The van der Waals surface area contributed by atoms with Gasteiger partial charge in [-0.3, -0.25) is 9.59 Å². The van der Waals surface area contributed by atoms with Crippen molar-refractivity contribution in [2.45, 2.75) is 65.8 Å². The molecule has 1 amide bonds. The highest BCUT2D eigenvalue weighted by atomic mass is 16.5. The molecule has 3 rings (SSSR count). The van der Waals surface area contributed by atoms with Crippen molar-refractivity contribution in [3.63, 3.8) is 0 Å². The van der Waals surface area contributed by atoms with Crippen LogP contribution in [-0.2, 0) is 9.59 Å². The lowest BCUT2D eigenvalue weighted by Gasteiger charge is -2.27. The van der Waals surface area contributed by atoms with Crippen molar-refractivity contribution in [3.05, 3.63) is 59.2 Å². The molecule has 0 radical (unpaired) electrons. The lowest BCUT2D eigenvalue weighted by Crippen LogP contribution is -2.33. The quantitative estimate of drug-likeness (QED) is 0.105. The van der Waals surface area contributed by atoms with Gasteiger partial charge in [-0.25, -0.2) is 0 Å². The fraction of sp³-hybridized carbons (Fsp3) is 0.515. The van der Waals surface area contributed by atoms with E-state index >= 15 is 0 Å². The Morgan fingerprint density at radius 2 is 1.54 bits per heavy atom. The molecule has 0 bridgehead atoms. The summed E-state index contributed by atoms with van der Waals surface area (Å²) in [4.78, 5) is 30.7. The van der Waals surface area contributed by atoms with Crippen molar-refractivity contribution >= 4 is 17.4 Å². The van der Waals surface area contributed by atoms with Crippen molar-refractivity contribution in [3.8, 4) is 17.2 Å². The molecule has 224 valence electrons. The summed E-state index contributed by atoms with van der Waals surface area (Å²) in [5.74, 6) is 0.287. The molecule has 1 saturated heterocycles. The summed E-state index contributed by atoms with van der Waals surface area (Å²) in [6.45, 7) is 12.6. The summed E-state index contributed by atoms with van der Waals surface area (Å²) < 4.78 is 17.3. The Morgan fingerprint density at radius 3 is 2.15 bits per heavy atom. The first-order valence-corrected chi connectivity index (χ1v) is 14.9. The van der Waals surface area contributed by atoms with Crippen molar-refractivity contribution in [1.82, 2.24) is 9.80 Å². The van der Waals surface area contributed by atoms with E-state index in [1.165, 1.54) is 0 Å². The lowest BCUT2D eigenvalue weighted by atomic mass is 9.95. The highest BCUT2D eigenvalue weighted by molar-refractivity contribution is 6.46. The Hall–Kier alpha value is -3.52. The van der Waals surface area contributed by atoms with Crippen LogP contribution in [0.1, 0.15) is 77.0 Å². The molecule has 1 fully saturated rings. The second-order valence-corrected chi connectivity index (χ2v) is 10.2. The molecule has 0 saturated carbocycles. The maximum absolute atomic E-state index is 13.5. The molecule has 8 heteroatoms. The Balaban J connectivity index is 2.01. The van der Waals surface area contributed by atoms with E-state index in [1.807, 2.05) is 12.1 Å². The minimum Gasteiger partial charge on any atom is -0.507 e. The molecule has 8 nitrogen and oxygen atoms in total. The van der Waals surface area contributed by atoms with Crippen molar-refractivity contribution in [1.29, 1.82) is 0 Å². The fourth-order valence-electron chi connectivity index (χ4n) is 4.96. The smallest absolute Gasteiger partial charge is 0.295 e. The molecule has 1 atom stereocenters. The molecule has 2 aromatic carbocycles. The van der Waals surface area contributed by atoms with E-state index < -0.39 is 17.7 Å². The van der Waals surface area contributed by atoms with Crippen LogP contribution in [0.15, 0.2) is 48.0 Å². The Morgan fingerprint density at radius 1 is 0.878 bits per heavy atom. The van der Waals surface area contributed by atoms with E-state index in [0.29, 0.717) is 54.6 Å². The first-order valence-electron chi connectivity index (χ1n) is 14.9. The van der Waals surface area contributed by atoms with E-state index in [-0.39, 0.29) is 11.3 Å². The van der Waals surface area contributed by atoms with Gasteiger partial charge in [0.05, 0.1) is 31.9 Å². The van der Waals surface area contributed by atoms with Crippen LogP contribution in [0.25, 0.3) is 5.76 Å². The number of rotatable bonds is 17. The summed E-state index contributed by atoms with van der Waals surface area (Å²) >= 11 is 0. The molecular formula is C33H46N2O6. The van der Waals surface area contributed by atoms with Crippen LogP contribution in [-0.4, -0.2) is 73.1 Å². The maximum Gasteiger partial charge on any atom is 0.295 e. The second-order valence-electron chi connectivity index (χ2n) is 10.2. The van der Waals surface area contributed by atoms with Crippen LogP contribution in [0.5, 0.6) is 17.2 Å². The number of hydrogen-bond acceptors (Lipinski definition) is 7. The normalized spacial score (nSPS) is 16.4. The number of likely N-dealkylation sites (tertiary alicyclic amines) is 1. The van der Waals surface area contributed by atoms with Gasteiger partial charge in [-0.1, -0.05) is 46.6 Å². The molecule has 1 unspecified atom stereocenters. The molecule has 1 N–H and O–H groups in total. The van der Waals surface area contributed by atoms with Crippen LogP contribution >= 0.6 is 0 Å². The number of unbranched alkanes of at least 4 members (excludes halogenated alkanes) is 2. The summed E-state index contributed by atoms with van der Waals surface area (Å²) in [7, 11) is 1.57. The lowest BCUT2D eigenvalue weighted by molar-refractivity contribution is -0.140. The molecule has 2 aromatic rings. The Bertz CT molecular complexity index is 1170. The van der Waals surface area contributed by atoms with Crippen LogP contribution in [0.2, 0.25) is 0 Å². The topological polar surface area (TPSA) is 88.5 Å². The number of hydrogen-bond donors (Lipinski definition) is 1. The van der Waals surface area contributed by atoms with Crippen LogP contribution in [0.3, 0.4) is 0 Å². The number of ketones is 1. The number of nitrogens with zero attached hydrogens (tertiary/aromatic N) is 2. The van der Waals surface area contributed by atoms with Crippen LogP contribution in [0, 0.1) is 0 Å². The van der Waals surface area contributed by atoms with Crippen molar-refractivity contribution in [2.24, 2.45) is 0 Å². The van der Waals surface area contributed by atoms with Gasteiger partial charge in [-0.05, 0) is 80.9 Å². The van der Waals surface area contributed by atoms with E-state index in [9.17, 15) is 14.7 Å². The maximum atomic E-state index is 13.5. The summed E-state index contributed by atoms with van der Waals surface area (Å²) in [6, 6.07) is 11.7. The number of carbonyl (C=O) groups is 2. The first kappa shape index (κ1) is 32.0. The van der Waals surface area contributed by atoms with Crippen molar-refractivity contribution < 1.29 is 28.9 Å². The third-order valence-electron chi connectivity index (χ3n) is 7.46. The average molecular weight is 567 g/mol. The SMILES string of the molecule is CCCCOc1ccc(/C(O)=C2/C(=O)C(=O)N(CCCN(CC)CC)C2c2ccc(OCCCC)c(OC)c2)cc1. The number of carbonyl (C=O) groups excluding carboxylic acids is 2. The molecular weight excluding hydrogens is 520 g/mol. The average Bonchev–Trinajstić information content (AvgIpc) is 3.24. The molecule has 0 spiro atoms. The summed E-state index contributed by atoms with van der Waals surface area (Å²) in [6.07, 6.45) is 4.61. The largest absolute Gasteiger partial charge is 0.507 e. The third-order valence-corrected chi connectivity index (χ3v) is 7.46. The highest BCUT2D eigenvalue weighted by Gasteiger charge is 2.46.